The van der Waals surface area contributed by atoms with Gasteiger partial charge in [-0.25, -0.2) is 4.98 Å². The molecule has 2 unspecified atom stereocenters. The molecule has 2 fully saturated rings. The molecular weight excluding hydrogens is 511 g/mol. The van der Waals surface area contributed by atoms with Crippen molar-refractivity contribution >= 4 is 29.0 Å². The lowest BCUT2D eigenvalue weighted by atomic mass is 10.1. The minimum absolute atomic E-state index is 0.0743. The standard InChI is InChI=1S/C27H32F3N7O2/c1-2-19-16-20(37-12-11-35-10-6-21(37)18-35)4-5-23(19)33-26-32-17-22(27(28,29)30)25(34-26)31-8-3-9-36-13-15-39-14-7-24(36)38/h4-5,7,13-17,21H,2-3,6,8-12,18H2,1H3,(H2,31,32,33,34). The Morgan fingerprint density at radius 1 is 1.18 bits per heavy atom. The number of piperazine rings is 1. The van der Waals surface area contributed by atoms with Crippen LogP contribution in [-0.4, -0.2) is 71.0 Å². The molecule has 2 atom stereocenters. The number of amides is 1. The molecule has 1 aromatic carbocycles. The van der Waals surface area contributed by atoms with Crippen LogP contribution in [0.4, 0.5) is 36.3 Å². The van der Waals surface area contributed by atoms with Crippen LogP contribution in [0.25, 0.3) is 0 Å². The van der Waals surface area contributed by atoms with Crippen LogP contribution in [0.3, 0.4) is 0 Å². The number of hydrogen-bond acceptors (Lipinski definition) is 8. The topological polar surface area (TPSA) is 85.9 Å². The van der Waals surface area contributed by atoms with Gasteiger partial charge in [-0.2, -0.15) is 18.2 Å². The highest BCUT2D eigenvalue weighted by atomic mass is 19.4. The molecule has 2 aromatic rings. The highest BCUT2D eigenvalue weighted by Crippen LogP contribution is 2.35. The van der Waals surface area contributed by atoms with Crippen molar-refractivity contribution in [2.75, 3.05) is 54.8 Å². The van der Waals surface area contributed by atoms with Gasteiger partial charge in [0.05, 0.1) is 6.26 Å². The predicted molar refractivity (Wildman–Crippen MR) is 143 cm³/mol. The molecule has 0 radical (unpaired) electrons. The summed E-state index contributed by atoms with van der Waals surface area (Å²) >= 11 is 0. The summed E-state index contributed by atoms with van der Waals surface area (Å²) in [6.45, 7) is 6.80. The summed E-state index contributed by atoms with van der Waals surface area (Å²) in [4.78, 5) is 26.5. The van der Waals surface area contributed by atoms with Crippen LogP contribution in [0.2, 0.25) is 0 Å². The van der Waals surface area contributed by atoms with Crippen LogP contribution in [0.1, 0.15) is 30.9 Å². The lowest BCUT2D eigenvalue weighted by molar-refractivity contribution is -0.137. The minimum atomic E-state index is -4.62. The van der Waals surface area contributed by atoms with Crippen molar-refractivity contribution in [1.82, 2.24) is 19.8 Å². The molecule has 4 heterocycles. The van der Waals surface area contributed by atoms with E-state index in [1.807, 2.05) is 13.0 Å². The minimum Gasteiger partial charge on any atom is -0.471 e. The number of aromatic nitrogens is 2. The Morgan fingerprint density at radius 3 is 2.87 bits per heavy atom. The third-order valence-corrected chi connectivity index (χ3v) is 7.25. The summed E-state index contributed by atoms with van der Waals surface area (Å²) in [5.74, 6) is -0.503. The number of nitrogens with zero attached hydrogens (tertiary/aromatic N) is 5. The third kappa shape index (κ3) is 6.27. The Hall–Kier alpha value is -3.80. The fourth-order valence-electron chi connectivity index (χ4n) is 5.18. The van der Waals surface area contributed by atoms with Gasteiger partial charge in [-0.1, -0.05) is 6.92 Å². The molecule has 2 N–H and O–H groups in total. The highest BCUT2D eigenvalue weighted by molar-refractivity contribution is 5.88. The van der Waals surface area contributed by atoms with Gasteiger partial charge in [0.1, 0.15) is 17.6 Å². The second-order valence-corrected chi connectivity index (χ2v) is 9.75. The normalized spacial score (nSPS) is 20.7. The van der Waals surface area contributed by atoms with Gasteiger partial charge < -0.3 is 25.2 Å². The van der Waals surface area contributed by atoms with E-state index in [2.05, 4.69) is 42.5 Å². The van der Waals surface area contributed by atoms with Crippen LogP contribution in [0, 0.1) is 0 Å². The first kappa shape index (κ1) is 26.8. The molecule has 2 saturated heterocycles. The number of anilines is 4. The van der Waals surface area contributed by atoms with E-state index in [1.165, 1.54) is 35.4 Å². The Bertz CT molecular complexity index is 1250. The Labute approximate surface area is 225 Å². The highest BCUT2D eigenvalue weighted by Gasteiger charge is 2.35. The number of carbonyl (C=O) groups excluding carboxylic acids is 1. The summed E-state index contributed by atoms with van der Waals surface area (Å²) in [7, 11) is 0. The van der Waals surface area contributed by atoms with Crippen LogP contribution in [0.15, 0.2) is 49.2 Å². The quantitative estimate of drug-likeness (QED) is 0.452. The maximum Gasteiger partial charge on any atom is 0.421 e. The lowest BCUT2D eigenvalue weighted by Gasteiger charge is -2.36. The number of halogens is 3. The molecule has 0 saturated carbocycles. The van der Waals surface area contributed by atoms with Crippen molar-refractivity contribution in [3.8, 4) is 0 Å². The Balaban J connectivity index is 1.28. The Morgan fingerprint density at radius 2 is 2.05 bits per heavy atom. The van der Waals surface area contributed by atoms with E-state index in [4.69, 9.17) is 4.74 Å². The first-order chi connectivity index (χ1) is 18.8. The summed E-state index contributed by atoms with van der Waals surface area (Å²) in [6.07, 6.45) is 3.88. The number of rotatable bonds is 9. The molecular formula is C27H32F3N7O2. The number of carbonyl (C=O) groups is 1. The van der Waals surface area contributed by atoms with Crippen LogP contribution >= 0.6 is 0 Å². The number of benzene rings is 1. The van der Waals surface area contributed by atoms with Crippen molar-refractivity contribution < 1.29 is 22.7 Å². The molecule has 12 heteroatoms. The monoisotopic (exact) mass is 543 g/mol. The van der Waals surface area contributed by atoms with Gasteiger partial charge in [-0.05, 0) is 43.0 Å². The molecule has 39 heavy (non-hydrogen) atoms. The van der Waals surface area contributed by atoms with E-state index in [9.17, 15) is 18.0 Å². The fraction of sp³-hybridized carbons (Fsp3) is 0.444. The van der Waals surface area contributed by atoms with E-state index < -0.39 is 11.7 Å². The van der Waals surface area contributed by atoms with Gasteiger partial charge in [0.25, 0.3) is 5.91 Å². The van der Waals surface area contributed by atoms with Gasteiger partial charge in [-0.3, -0.25) is 9.69 Å². The second kappa shape index (κ2) is 11.5. The van der Waals surface area contributed by atoms with Gasteiger partial charge in [-0.15, -0.1) is 0 Å². The SMILES string of the molecule is CCc1cc(N2CCN3CCC2C3)ccc1Nc1ncc(C(F)(F)F)c(NCCCN2C=COC=CC2=O)n1. The van der Waals surface area contributed by atoms with Crippen molar-refractivity contribution in [2.24, 2.45) is 0 Å². The first-order valence-electron chi connectivity index (χ1n) is 13.2. The molecule has 5 rings (SSSR count). The smallest absolute Gasteiger partial charge is 0.421 e. The summed E-state index contributed by atoms with van der Waals surface area (Å²) in [6, 6.07) is 6.68. The molecule has 2 bridgehead atoms. The maximum atomic E-state index is 13.7. The van der Waals surface area contributed by atoms with Gasteiger partial charge in [0.15, 0.2) is 0 Å². The predicted octanol–water partition coefficient (Wildman–Crippen LogP) is 4.34. The molecule has 0 aliphatic carbocycles. The summed E-state index contributed by atoms with van der Waals surface area (Å²) < 4.78 is 46.0. The molecule has 1 amide bonds. The molecule has 3 aliphatic heterocycles. The molecule has 1 aromatic heterocycles. The molecule has 208 valence electrons. The maximum absolute atomic E-state index is 13.7. The lowest BCUT2D eigenvalue weighted by Crippen LogP contribution is -2.46. The number of fused-ring (bicyclic) bond motifs is 2. The van der Waals surface area contributed by atoms with E-state index in [1.54, 1.807) is 0 Å². The fourth-order valence-corrected chi connectivity index (χ4v) is 5.18. The molecule has 9 nitrogen and oxygen atoms in total. The molecule has 0 spiro atoms. The zero-order valence-corrected chi connectivity index (χ0v) is 21.7. The first-order valence-corrected chi connectivity index (χ1v) is 13.2. The number of ether oxygens (including phenoxy) is 1. The zero-order chi connectivity index (χ0) is 27.4. The number of aryl methyl sites for hydroxylation is 1. The average molecular weight is 544 g/mol. The van der Waals surface area contributed by atoms with Gasteiger partial charge >= 0.3 is 6.18 Å². The van der Waals surface area contributed by atoms with Crippen LogP contribution < -0.4 is 15.5 Å². The molecule has 3 aliphatic rings. The van der Waals surface area contributed by atoms with Crippen molar-refractivity contribution in [3.05, 3.63) is 60.3 Å². The number of nitrogens with one attached hydrogen (secondary N) is 2. The van der Waals surface area contributed by atoms with E-state index in [0.29, 0.717) is 19.0 Å². The Kier molecular flexibility index (Phi) is 7.92. The second-order valence-electron chi connectivity index (χ2n) is 9.75. The average Bonchev–Trinajstić information content (AvgIpc) is 3.16. The third-order valence-electron chi connectivity index (χ3n) is 7.25. The van der Waals surface area contributed by atoms with Crippen molar-refractivity contribution in [1.29, 1.82) is 0 Å². The summed E-state index contributed by atoms with van der Waals surface area (Å²) in [5.41, 5.74) is 2.02. The van der Waals surface area contributed by atoms with Crippen molar-refractivity contribution in [3.63, 3.8) is 0 Å². The zero-order valence-electron chi connectivity index (χ0n) is 21.7. The van der Waals surface area contributed by atoms with E-state index in [-0.39, 0.29) is 24.2 Å². The number of hydrogen-bond donors (Lipinski definition) is 2. The largest absolute Gasteiger partial charge is 0.471 e. The van der Waals surface area contributed by atoms with E-state index >= 15 is 0 Å². The van der Waals surface area contributed by atoms with Gasteiger partial charge in [0, 0.05) is 75.2 Å². The summed E-state index contributed by atoms with van der Waals surface area (Å²) in [5, 5.41) is 5.90. The van der Waals surface area contributed by atoms with E-state index in [0.717, 1.165) is 56.5 Å². The number of alkyl halides is 3. The van der Waals surface area contributed by atoms with Gasteiger partial charge in [0.2, 0.25) is 5.95 Å². The van der Waals surface area contributed by atoms with Crippen LogP contribution in [-0.2, 0) is 22.1 Å². The van der Waals surface area contributed by atoms with Crippen molar-refractivity contribution in [2.45, 2.75) is 38.4 Å². The van der Waals surface area contributed by atoms with Crippen LogP contribution in [0.5, 0.6) is 0 Å².